The number of aryl methyl sites for hydroxylation is 1. The summed E-state index contributed by atoms with van der Waals surface area (Å²) in [6.07, 6.45) is 7.43. The van der Waals surface area contributed by atoms with Crippen molar-refractivity contribution in [2.24, 2.45) is 5.41 Å². The zero-order chi connectivity index (χ0) is 18.9. The Balaban J connectivity index is 1.37. The molecule has 0 unspecified atom stereocenters. The van der Waals surface area contributed by atoms with E-state index < -0.39 is 11.6 Å². The van der Waals surface area contributed by atoms with Gasteiger partial charge in [-0.05, 0) is 62.4 Å². The molecule has 0 aliphatic carbocycles. The number of aromatic nitrogens is 2. The lowest BCUT2D eigenvalue weighted by atomic mass is 9.79. The van der Waals surface area contributed by atoms with Crippen LogP contribution in [-0.4, -0.2) is 45.9 Å². The minimum Gasteiger partial charge on any atom is -0.298 e. The zero-order valence-corrected chi connectivity index (χ0v) is 15.8. The lowest BCUT2D eigenvalue weighted by Gasteiger charge is -2.40. The molecule has 6 heteroatoms. The molecule has 2 aromatic rings. The third-order valence-electron chi connectivity index (χ3n) is 5.89. The van der Waals surface area contributed by atoms with Gasteiger partial charge in [0.15, 0.2) is 11.6 Å². The van der Waals surface area contributed by atoms with Crippen LogP contribution in [0.3, 0.4) is 0 Å². The number of benzene rings is 1. The molecule has 1 spiro atoms. The van der Waals surface area contributed by atoms with Crippen molar-refractivity contribution >= 4 is 0 Å². The molecule has 27 heavy (non-hydrogen) atoms. The molecular weight excluding hydrogens is 346 g/mol. The van der Waals surface area contributed by atoms with Gasteiger partial charge in [0.05, 0.1) is 0 Å². The van der Waals surface area contributed by atoms with Gasteiger partial charge in [-0.2, -0.15) is 0 Å². The number of likely N-dealkylation sites (tertiary alicyclic amines) is 2. The first-order chi connectivity index (χ1) is 13.0. The van der Waals surface area contributed by atoms with E-state index in [2.05, 4.69) is 19.8 Å². The SMILES string of the molecule is Cc1ncc(CN2CC[C@]3(CCCN(Cc4ccc(F)c(F)c4)C3)C2)cn1. The number of halogens is 2. The molecule has 0 bridgehead atoms. The Morgan fingerprint density at radius 1 is 0.926 bits per heavy atom. The molecular formula is C21H26F2N4. The van der Waals surface area contributed by atoms with Crippen LogP contribution in [0.25, 0.3) is 0 Å². The highest BCUT2D eigenvalue weighted by molar-refractivity contribution is 5.18. The Hall–Kier alpha value is -1.92. The van der Waals surface area contributed by atoms with Crippen molar-refractivity contribution < 1.29 is 8.78 Å². The van der Waals surface area contributed by atoms with Gasteiger partial charge >= 0.3 is 0 Å². The van der Waals surface area contributed by atoms with Crippen molar-refractivity contribution in [2.45, 2.75) is 39.3 Å². The molecule has 3 heterocycles. The van der Waals surface area contributed by atoms with Gasteiger partial charge in [-0.3, -0.25) is 9.80 Å². The highest BCUT2D eigenvalue weighted by Gasteiger charge is 2.41. The second kappa shape index (κ2) is 7.60. The van der Waals surface area contributed by atoms with Crippen molar-refractivity contribution in [3.63, 3.8) is 0 Å². The Morgan fingerprint density at radius 2 is 1.63 bits per heavy atom. The Kier molecular flexibility index (Phi) is 5.19. The van der Waals surface area contributed by atoms with Gasteiger partial charge < -0.3 is 0 Å². The minimum atomic E-state index is -0.777. The Labute approximate surface area is 159 Å². The number of hydrogen-bond donors (Lipinski definition) is 0. The number of piperidine rings is 1. The van der Waals surface area contributed by atoms with Gasteiger partial charge in [-0.15, -0.1) is 0 Å². The number of hydrogen-bond acceptors (Lipinski definition) is 4. The van der Waals surface area contributed by atoms with E-state index in [1.807, 2.05) is 19.3 Å². The van der Waals surface area contributed by atoms with Gasteiger partial charge in [-0.25, -0.2) is 18.7 Å². The average Bonchev–Trinajstić information content (AvgIpc) is 3.02. The molecule has 4 rings (SSSR count). The highest BCUT2D eigenvalue weighted by atomic mass is 19.2. The van der Waals surface area contributed by atoms with Gasteiger partial charge in [0.2, 0.25) is 0 Å². The summed E-state index contributed by atoms with van der Waals surface area (Å²) in [6, 6.07) is 4.25. The summed E-state index contributed by atoms with van der Waals surface area (Å²) >= 11 is 0. The van der Waals surface area contributed by atoms with Crippen molar-refractivity contribution in [3.8, 4) is 0 Å². The molecule has 2 aliphatic rings. The van der Waals surface area contributed by atoms with Gasteiger partial charge in [-0.1, -0.05) is 6.07 Å². The van der Waals surface area contributed by atoms with Crippen LogP contribution < -0.4 is 0 Å². The summed E-state index contributed by atoms with van der Waals surface area (Å²) in [5.74, 6) is -0.733. The van der Waals surface area contributed by atoms with E-state index in [0.29, 0.717) is 12.0 Å². The van der Waals surface area contributed by atoms with E-state index in [1.54, 1.807) is 6.07 Å². The molecule has 1 aromatic heterocycles. The first kappa shape index (κ1) is 18.4. The largest absolute Gasteiger partial charge is 0.298 e. The number of nitrogens with zero attached hydrogens (tertiary/aromatic N) is 4. The molecule has 0 amide bonds. The van der Waals surface area contributed by atoms with Crippen molar-refractivity contribution in [2.75, 3.05) is 26.2 Å². The topological polar surface area (TPSA) is 32.3 Å². The molecule has 0 N–H and O–H groups in total. The third-order valence-corrected chi connectivity index (χ3v) is 5.89. The van der Waals surface area contributed by atoms with E-state index in [-0.39, 0.29) is 0 Å². The predicted molar refractivity (Wildman–Crippen MR) is 100.0 cm³/mol. The molecule has 1 atom stereocenters. The lowest BCUT2D eigenvalue weighted by Crippen LogP contribution is -2.44. The fraction of sp³-hybridized carbons (Fsp3) is 0.524. The van der Waals surface area contributed by atoms with E-state index in [1.165, 1.54) is 25.0 Å². The summed E-state index contributed by atoms with van der Waals surface area (Å²) in [6.45, 7) is 7.69. The molecule has 144 valence electrons. The summed E-state index contributed by atoms with van der Waals surface area (Å²) in [5.41, 5.74) is 2.31. The quantitative estimate of drug-likeness (QED) is 0.822. The standard InChI is InChI=1S/C21H26F2N4/c1-16-24-10-18(11-25-16)13-27-8-6-21(15-27)5-2-7-26(14-21)12-17-3-4-19(22)20(23)9-17/h3-4,9-11H,2,5-8,12-15H2,1H3/t21-/m0/s1. The van der Waals surface area contributed by atoms with Crippen molar-refractivity contribution in [3.05, 3.63) is 59.2 Å². The average molecular weight is 372 g/mol. The smallest absolute Gasteiger partial charge is 0.159 e. The third kappa shape index (κ3) is 4.33. The summed E-state index contributed by atoms with van der Waals surface area (Å²) in [4.78, 5) is 13.5. The van der Waals surface area contributed by atoms with Crippen LogP contribution in [0.2, 0.25) is 0 Å². The van der Waals surface area contributed by atoms with Crippen LogP contribution in [0, 0.1) is 24.0 Å². The molecule has 2 saturated heterocycles. The fourth-order valence-corrected chi connectivity index (χ4v) is 4.60. The minimum absolute atomic E-state index is 0.308. The molecule has 1 aromatic carbocycles. The molecule has 0 saturated carbocycles. The van der Waals surface area contributed by atoms with E-state index in [9.17, 15) is 8.78 Å². The summed E-state index contributed by atoms with van der Waals surface area (Å²) < 4.78 is 26.7. The molecule has 2 fully saturated rings. The zero-order valence-electron chi connectivity index (χ0n) is 15.8. The fourth-order valence-electron chi connectivity index (χ4n) is 4.60. The predicted octanol–water partition coefficient (Wildman–Crippen LogP) is 3.55. The Bertz CT molecular complexity index is 795. The normalized spacial score (nSPS) is 24.0. The molecule has 2 aliphatic heterocycles. The maximum atomic E-state index is 13.5. The lowest BCUT2D eigenvalue weighted by molar-refractivity contribution is 0.0865. The molecule has 4 nitrogen and oxygen atoms in total. The summed E-state index contributed by atoms with van der Waals surface area (Å²) in [5, 5.41) is 0. The van der Waals surface area contributed by atoms with Crippen molar-refractivity contribution in [1.29, 1.82) is 0 Å². The first-order valence-electron chi connectivity index (χ1n) is 9.68. The first-order valence-corrected chi connectivity index (χ1v) is 9.68. The Morgan fingerprint density at radius 3 is 2.37 bits per heavy atom. The van der Waals surface area contributed by atoms with Crippen LogP contribution in [0.15, 0.2) is 30.6 Å². The molecule has 0 radical (unpaired) electrons. The van der Waals surface area contributed by atoms with Gasteiger partial charge in [0.25, 0.3) is 0 Å². The van der Waals surface area contributed by atoms with Gasteiger partial charge in [0, 0.05) is 44.1 Å². The van der Waals surface area contributed by atoms with Crippen LogP contribution in [0.4, 0.5) is 8.78 Å². The second-order valence-corrected chi connectivity index (χ2v) is 8.16. The van der Waals surface area contributed by atoms with Crippen LogP contribution >= 0.6 is 0 Å². The monoisotopic (exact) mass is 372 g/mol. The summed E-state index contributed by atoms with van der Waals surface area (Å²) in [7, 11) is 0. The maximum Gasteiger partial charge on any atom is 0.159 e. The van der Waals surface area contributed by atoms with Crippen molar-refractivity contribution in [1.82, 2.24) is 19.8 Å². The van der Waals surface area contributed by atoms with E-state index in [0.717, 1.165) is 56.1 Å². The van der Waals surface area contributed by atoms with Crippen LogP contribution in [0.1, 0.15) is 36.2 Å². The van der Waals surface area contributed by atoms with Crippen LogP contribution in [-0.2, 0) is 13.1 Å². The highest BCUT2D eigenvalue weighted by Crippen LogP contribution is 2.39. The number of rotatable bonds is 4. The van der Waals surface area contributed by atoms with Gasteiger partial charge in [0.1, 0.15) is 5.82 Å². The second-order valence-electron chi connectivity index (χ2n) is 8.16. The van der Waals surface area contributed by atoms with E-state index >= 15 is 0 Å². The van der Waals surface area contributed by atoms with Crippen LogP contribution in [0.5, 0.6) is 0 Å². The van der Waals surface area contributed by atoms with E-state index in [4.69, 9.17) is 0 Å². The maximum absolute atomic E-state index is 13.5.